The minimum atomic E-state index is -0.630. The minimum absolute atomic E-state index is 0.0741. The van der Waals surface area contributed by atoms with Crippen molar-refractivity contribution in [1.82, 2.24) is 9.97 Å². The summed E-state index contributed by atoms with van der Waals surface area (Å²) in [5.41, 5.74) is -0.403. The third-order valence-corrected chi connectivity index (χ3v) is 4.62. The van der Waals surface area contributed by atoms with Crippen LogP contribution < -0.4 is 10.6 Å². The number of pyridine rings is 2. The van der Waals surface area contributed by atoms with Crippen LogP contribution in [-0.2, 0) is 0 Å². The molecule has 1 saturated carbocycles. The van der Waals surface area contributed by atoms with Crippen LogP contribution in [0.4, 0.5) is 23.1 Å². The van der Waals surface area contributed by atoms with Gasteiger partial charge in [-0.3, -0.25) is 10.1 Å². The van der Waals surface area contributed by atoms with Gasteiger partial charge in [-0.25, -0.2) is 9.97 Å². The van der Waals surface area contributed by atoms with Gasteiger partial charge in [0.1, 0.15) is 17.7 Å². The van der Waals surface area contributed by atoms with Crippen LogP contribution in [0.15, 0.2) is 30.5 Å². The maximum atomic E-state index is 11.3. The van der Waals surface area contributed by atoms with Crippen LogP contribution in [0.25, 0.3) is 0 Å². The number of nitro groups is 1. The van der Waals surface area contributed by atoms with E-state index in [0.717, 1.165) is 12.8 Å². The molecule has 0 aromatic carbocycles. The van der Waals surface area contributed by atoms with Gasteiger partial charge in [-0.2, -0.15) is 5.26 Å². The largest absolute Gasteiger partial charge is 0.390 e. The molecule has 0 atom stereocenters. The van der Waals surface area contributed by atoms with Gasteiger partial charge in [0.2, 0.25) is 5.82 Å². The summed E-state index contributed by atoms with van der Waals surface area (Å²) in [4.78, 5) is 19.2. The molecule has 0 spiro atoms. The summed E-state index contributed by atoms with van der Waals surface area (Å²) in [6.07, 6.45) is 4.36. The molecule has 27 heavy (non-hydrogen) atoms. The number of aromatic nitrogens is 2. The number of nitrogens with one attached hydrogen (secondary N) is 2. The van der Waals surface area contributed by atoms with Crippen molar-refractivity contribution in [2.75, 3.05) is 10.6 Å². The predicted octanol–water partition coefficient (Wildman–Crippen LogP) is 3.11. The van der Waals surface area contributed by atoms with Gasteiger partial charge in [0.05, 0.1) is 16.1 Å². The van der Waals surface area contributed by atoms with E-state index in [2.05, 4.69) is 20.6 Å². The summed E-state index contributed by atoms with van der Waals surface area (Å²) in [5, 5.41) is 36.3. The number of hydrogen-bond donors (Lipinski definition) is 3. The first-order valence-electron chi connectivity index (χ1n) is 8.64. The van der Waals surface area contributed by atoms with Crippen LogP contribution in [0.2, 0.25) is 0 Å². The molecule has 140 valence electrons. The first kappa shape index (κ1) is 18.5. The summed E-state index contributed by atoms with van der Waals surface area (Å²) < 4.78 is 0. The predicted molar refractivity (Wildman–Crippen MR) is 99.6 cm³/mol. The van der Waals surface area contributed by atoms with Crippen LogP contribution in [0.3, 0.4) is 0 Å². The second-order valence-corrected chi connectivity index (χ2v) is 6.91. The zero-order valence-electron chi connectivity index (χ0n) is 14.8. The van der Waals surface area contributed by atoms with Crippen molar-refractivity contribution >= 4 is 23.1 Å². The molecular formula is C18H20N6O3. The lowest BCUT2D eigenvalue weighted by Gasteiger charge is -2.33. The van der Waals surface area contributed by atoms with Gasteiger partial charge in [-0.15, -0.1) is 0 Å². The maximum Gasteiger partial charge on any atom is 0.311 e. The Labute approximate surface area is 156 Å². The van der Waals surface area contributed by atoms with E-state index < -0.39 is 10.5 Å². The van der Waals surface area contributed by atoms with Crippen molar-refractivity contribution in [3.8, 4) is 6.07 Å². The molecule has 3 N–H and O–H groups in total. The Morgan fingerprint density at radius 3 is 2.59 bits per heavy atom. The maximum absolute atomic E-state index is 11.3. The summed E-state index contributed by atoms with van der Waals surface area (Å²) in [6, 6.07) is 8.21. The molecule has 9 nitrogen and oxygen atoms in total. The molecule has 0 saturated heterocycles. The molecular weight excluding hydrogens is 348 g/mol. The molecule has 9 heteroatoms. The molecule has 1 aliphatic carbocycles. The van der Waals surface area contributed by atoms with E-state index in [1.165, 1.54) is 12.3 Å². The number of hydrogen-bond acceptors (Lipinski definition) is 8. The molecule has 0 bridgehead atoms. The van der Waals surface area contributed by atoms with Crippen LogP contribution in [0.1, 0.15) is 38.2 Å². The highest BCUT2D eigenvalue weighted by molar-refractivity contribution is 5.66. The van der Waals surface area contributed by atoms with Crippen molar-refractivity contribution in [3.63, 3.8) is 0 Å². The first-order chi connectivity index (χ1) is 12.9. The average molecular weight is 368 g/mol. The summed E-state index contributed by atoms with van der Waals surface area (Å²) in [6.45, 7) is 1.83. The van der Waals surface area contributed by atoms with Crippen LogP contribution in [-0.4, -0.2) is 31.6 Å². The molecule has 1 aliphatic rings. The van der Waals surface area contributed by atoms with Gasteiger partial charge in [0.25, 0.3) is 0 Å². The van der Waals surface area contributed by atoms with E-state index in [4.69, 9.17) is 5.26 Å². The molecule has 3 rings (SSSR count). The van der Waals surface area contributed by atoms with E-state index in [0.29, 0.717) is 30.0 Å². The van der Waals surface area contributed by atoms with Gasteiger partial charge < -0.3 is 15.7 Å². The highest BCUT2D eigenvalue weighted by Crippen LogP contribution is 2.31. The Bertz CT molecular complexity index is 866. The Kier molecular flexibility index (Phi) is 5.19. The van der Waals surface area contributed by atoms with Gasteiger partial charge in [0, 0.05) is 18.3 Å². The lowest BCUT2D eigenvalue weighted by molar-refractivity contribution is -0.384. The SMILES string of the molecule is C[C@]1(O)CC[C@@H](Nc2ccc([N+](=O)[O-])c(Nc3ccc(C#N)cn3)n2)CC1. The van der Waals surface area contributed by atoms with Crippen molar-refractivity contribution in [2.45, 2.75) is 44.2 Å². The molecule has 2 aromatic heterocycles. The number of anilines is 3. The fourth-order valence-electron chi connectivity index (χ4n) is 3.02. The van der Waals surface area contributed by atoms with Gasteiger partial charge in [-0.1, -0.05) is 0 Å². The highest BCUT2D eigenvalue weighted by Gasteiger charge is 2.29. The molecule has 1 fully saturated rings. The summed E-state index contributed by atoms with van der Waals surface area (Å²) in [5.74, 6) is 0.948. The van der Waals surface area contributed by atoms with Crippen molar-refractivity contribution in [1.29, 1.82) is 5.26 Å². The minimum Gasteiger partial charge on any atom is -0.390 e. The average Bonchev–Trinajstić information content (AvgIpc) is 2.64. The number of nitriles is 1. The number of rotatable bonds is 5. The second kappa shape index (κ2) is 7.55. The number of aliphatic hydroxyl groups is 1. The van der Waals surface area contributed by atoms with Gasteiger partial charge >= 0.3 is 5.69 Å². The molecule has 0 aliphatic heterocycles. The lowest BCUT2D eigenvalue weighted by atomic mass is 9.84. The Balaban J connectivity index is 1.78. The summed E-state index contributed by atoms with van der Waals surface area (Å²) in [7, 11) is 0. The van der Waals surface area contributed by atoms with Gasteiger partial charge in [0.15, 0.2) is 0 Å². The standard InChI is InChI=1S/C18H20N6O3/c1-18(25)8-6-13(7-9-18)21-16-5-3-14(24(26)27)17(23-16)22-15-4-2-12(10-19)11-20-15/h2-5,11,13,25H,6-9H2,1H3,(H2,20,21,22,23)/t13-,18+. The van der Waals surface area contributed by atoms with Crippen LogP contribution >= 0.6 is 0 Å². The normalized spacial score (nSPS) is 21.9. The Morgan fingerprint density at radius 2 is 2.00 bits per heavy atom. The fourth-order valence-corrected chi connectivity index (χ4v) is 3.02. The molecule has 0 unspecified atom stereocenters. The monoisotopic (exact) mass is 368 g/mol. The van der Waals surface area contributed by atoms with Crippen molar-refractivity contribution in [3.05, 3.63) is 46.1 Å². The number of nitrogens with zero attached hydrogens (tertiary/aromatic N) is 4. The fraction of sp³-hybridized carbons (Fsp3) is 0.389. The second-order valence-electron chi connectivity index (χ2n) is 6.91. The van der Waals surface area contributed by atoms with Crippen molar-refractivity contribution in [2.24, 2.45) is 0 Å². The van der Waals surface area contributed by atoms with Gasteiger partial charge in [-0.05, 0) is 50.8 Å². The lowest BCUT2D eigenvalue weighted by Crippen LogP contribution is -2.35. The molecule has 0 amide bonds. The molecule has 2 heterocycles. The smallest absolute Gasteiger partial charge is 0.311 e. The molecule has 0 radical (unpaired) electrons. The molecule has 2 aromatic rings. The van der Waals surface area contributed by atoms with E-state index >= 15 is 0 Å². The van der Waals surface area contributed by atoms with Crippen molar-refractivity contribution < 1.29 is 10.0 Å². The van der Waals surface area contributed by atoms with E-state index in [-0.39, 0.29) is 17.5 Å². The Hall–Kier alpha value is -3.25. The topological polar surface area (TPSA) is 137 Å². The first-order valence-corrected chi connectivity index (χ1v) is 8.64. The summed E-state index contributed by atoms with van der Waals surface area (Å²) >= 11 is 0. The zero-order valence-corrected chi connectivity index (χ0v) is 14.8. The highest BCUT2D eigenvalue weighted by atomic mass is 16.6. The third kappa shape index (κ3) is 4.68. The van der Waals surface area contributed by atoms with E-state index in [1.54, 1.807) is 18.2 Å². The van der Waals surface area contributed by atoms with E-state index in [1.807, 2.05) is 13.0 Å². The van der Waals surface area contributed by atoms with E-state index in [9.17, 15) is 15.2 Å². The third-order valence-electron chi connectivity index (χ3n) is 4.62. The van der Waals surface area contributed by atoms with Crippen LogP contribution in [0, 0.1) is 21.4 Å². The quantitative estimate of drug-likeness (QED) is 0.541. The van der Waals surface area contributed by atoms with Crippen LogP contribution in [0.5, 0.6) is 0 Å². The Morgan fingerprint density at radius 1 is 1.30 bits per heavy atom. The zero-order chi connectivity index (χ0) is 19.4.